The summed E-state index contributed by atoms with van der Waals surface area (Å²) in [6, 6.07) is 0. The molecule has 1 fully saturated rings. The lowest BCUT2D eigenvalue weighted by atomic mass is 9.47. The minimum Gasteiger partial charge on any atom is -0.387 e. The molecule has 0 aliphatic heterocycles. The first-order valence-electron chi connectivity index (χ1n) is 8.74. The highest BCUT2D eigenvalue weighted by molar-refractivity contribution is 5.99. The Hall–Kier alpha value is -0.890. The maximum atomic E-state index is 12.9. The maximum Gasteiger partial charge on any atom is 0.161 e. The van der Waals surface area contributed by atoms with Crippen LogP contribution in [0.2, 0.25) is 0 Å². The van der Waals surface area contributed by atoms with E-state index in [1.165, 1.54) is 18.4 Å². The number of carbonyl (C=O) groups is 1. The van der Waals surface area contributed by atoms with E-state index in [1.807, 2.05) is 13.0 Å². The van der Waals surface area contributed by atoms with E-state index in [-0.39, 0.29) is 22.0 Å². The molecule has 0 heterocycles. The summed E-state index contributed by atoms with van der Waals surface area (Å²) < 4.78 is 0. The van der Waals surface area contributed by atoms with Gasteiger partial charge < -0.3 is 5.11 Å². The molecule has 1 saturated carbocycles. The molecule has 3 aliphatic carbocycles. The molecule has 0 saturated heterocycles. The second-order valence-electron chi connectivity index (χ2n) is 8.94. The average molecular weight is 302 g/mol. The molecular weight excluding hydrogens is 272 g/mol. The zero-order valence-electron chi connectivity index (χ0n) is 14.5. The van der Waals surface area contributed by atoms with Crippen molar-refractivity contribution < 1.29 is 9.90 Å². The first-order valence-corrected chi connectivity index (χ1v) is 8.74. The summed E-state index contributed by atoms with van der Waals surface area (Å²) in [7, 11) is 0. The third-order valence-electron chi connectivity index (χ3n) is 7.21. The predicted molar refractivity (Wildman–Crippen MR) is 89.4 cm³/mol. The number of hydrogen-bond donors (Lipinski definition) is 1. The molecule has 3 aliphatic rings. The molecular formula is C20H30O2. The average Bonchev–Trinajstić information content (AvgIpc) is 2.44. The minimum atomic E-state index is -0.677. The number of Topliss-reactive ketones (excluding diaryl/α,β-unsaturated/α-hetero) is 1. The van der Waals surface area contributed by atoms with Gasteiger partial charge in [-0.2, -0.15) is 0 Å². The summed E-state index contributed by atoms with van der Waals surface area (Å²) in [5.74, 6) is 0.605. The summed E-state index contributed by atoms with van der Waals surface area (Å²) in [6.07, 6.45) is 7.18. The van der Waals surface area contributed by atoms with Gasteiger partial charge in [-0.25, -0.2) is 0 Å². The van der Waals surface area contributed by atoms with Crippen LogP contribution in [0, 0.1) is 22.2 Å². The molecule has 122 valence electrons. The van der Waals surface area contributed by atoms with E-state index in [2.05, 4.69) is 27.4 Å². The van der Waals surface area contributed by atoms with Crippen molar-refractivity contribution in [3.8, 4) is 0 Å². The number of aliphatic hydroxyl groups is 1. The van der Waals surface area contributed by atoms with Crippen LogP contribution in [0.5, 0.6) is 0 Å². The summed E-state index contributed by atoms with van der Waals surface area (Å²) in [5, 5.41) is 10.9. The highest BCUT2D eigenvalue weighted by atomic mass is 16.3. The topological polar surface area (TPSA) is 37.3 Å². The van der Waals surface area contributed by atoms with Crippen LogP contribution in [0.1, 0.15) is 66.2 Å². The summed E-state index contributed by atoms with van der Waals surface area (Å²) in [5.41, 5.74) is 1.96. The van der Waals surface area contributed by atoms with E-state index in [9.17, 15) is 9.90 Å². The lowest BCUT2D eigenvalue weighted by molar-refractivity contribution is -0.125. The molecule has 0 spiro atoms. The second-order valence-corrected chi connectivity index (χ2v) is 8.94. The van der Waals surface area contributed by atoms with Crippen LogP contribution in [0.25, 0.3) is 0 Å². The smallest absolute Gasteiger partial charge is 0.161 e. The molecule has 0 aromatic heterocycles. The van der Waals surface area contributed by atoms with Crippen LogP contribution in [-0.4, -0.2) is 17.0 Å². The highest BCUT2D eigenvalue weighted by Gasteiger charge is 2.56. The van der Waals surface area contributed by atoms with Gasteiger partial charge in [0, 0.05) is 17.4 Å². The largest absolute Gasteiger partial charge is 0.387 e. The van der Waals surface area contributed by atoms with E-state index < -0.39 is 6.10 Å². The number of allylic oxidation sites excluding steroid dienone is 1. The maximum absolute atomic E-state index is 12.9. The zero-order valence-corrected chi connectivity index (χ0v) is 14.5. The van der Waals surface area contributed by atoms with Crippen molar-refractivity contribution in [2.45, 2.75) is 72.3 Å². The third-order valence-corrected chi connectivity index (χ3v) is 7.21. The van der Waals surface area contributed by atoms with Gasteiger partial charge in [0.1, 0.15) is 0 Å². The Kier molecular flexibility index (Phi) is 3.49. The van der Waals surface area contributed by atoms with Crippen molar-refractivity contribution in [2.75, 3.05) is 0 Å². The molecule has 0 aromatic rings. The highest BCUT2D eigenvalue weighted by Crippen LogP contribution is 2.62. The molecule has 0 amide bonds. The van der Waals surface area contributed by atoms with Crippen molar-refractivity contribution in [2.24, 2.45) is 22.2 Å². The SMILES string of the molecule is C=C[C@@]1(C)CCC2=C(C(=O)C[C@H]3C(C)(C)CCC[C@]23C)[C@H]1O. The van der Waals surface area contributed by atoms with Gasteiger partial charge in [-0.1, -0.05) is 45.8 Å². The Bertz CT molecular complexity index is 556. The quantitative estimate of drug-likeness (QED) is 0.727. The van der Waals surface area contributed by atoms with E-state index in [0.29, 0.717) is 12.3 Å². The normalized spacial score (nSPS) is 44.3. The third kappa shape index (κ3) is 1.99. The van der Waals surface area contributed by atoms with Gasteiger partial charge in [-0.05, 0) is 42.4 Å². The molecule has 2 nitrogen and oxygen atoms in total. The Morgan fingerprint density at radius 3 is 2.50 bits per heavy atom. The monoisotopic (exact) mass is 302 g/mol. The molecule has 22 heavy (non-hydrogen) atoms. The predicted octanol–water partition coefficient (Wildman–Crippen LogP) is 4.44. The first kappa shape index (κ1) is 16.0. The Labute approximate surface area is 134 Å². The van der Waals surface area contributed by atoms with Crippen molar-refractivity contribution in [3.05, 3.63) is 23.8 Å². The number of carbonyl (C=O) groups excluding carboxylic acids is 1. The number of rotatable bonds is 1. The Morgan fingerprint density at radius 2 is 1.86 bits per heavy atom. The molecule has 0 aromatic carbocycles. The van der Waals surface area contributed by atoms with Gasteiger partial charge in [-0.3, -0.25) is 4.79 Å². The molecule has 0 bridgehead atoms. The van der Waals surface area contributed by atoms with Crippen LogP contribution in [0.15, 0.2) is 23.8 Å². The van der Waals surface area contributed by atoms with Crippen LogP contribution in [0.3, 0.4) is 0 Å². The van der Waals surface area contributed by atoms with Crippen LogP contribution < -0.4 is 0 Å². The standard InChI is InChI=1S/C20H30O2/c1-6-19(4)11-8-13-16(17(19)22)14(21)12-15-18(2,3)9-7-10-20(13,15)5/h6,15,17,22H,1,7-12H2,2-5H3/t15-,17+,19-,20+/m0/s1. The van der Waals surface area contributed by atoms with E-state index >= 15 is 0 Å². The van der Waals surface area contributed by atoms with Gasteiger partial charge >= 0.3 is 0 Å². The van der Waals surface area contributed by atoms with E-state index in [1.54, 1.807) is 0 Å². The number of fused-ring (bicyclic) bond motifs is 2. The molecule has 0 unspecified atom stereocenters. The first-order chi connectivity index (χ1) is 10.2. The minimum absolute atomic E-state index is 0.0917. The number of ketones is 1. The Balaban J connectivity index is 2.13. The van der Waals surface area contributed by atoms with Crippen LogP contribution in [-0.2, 0) is 4.79 Å². The van der Waals surface area contributed by atoms with Gasteiger partial charge in [0.2, 0.25) is 0 Å². The van der Waals surface area contributed by atoms with Crippen LogP contribution >= 0.6 is 0 Å². The lowest BCUT2D eigenvalue weighted by Crippen LogP contribution is -2.52. The van der Waals surface area contributed by atoms with Gasteiger partial charge in [0.05, 0.1) is 6.10 Å². The van der Waals surface area contributed by atoms with Crippen molar-refractivity contribution >= 4 is 5.78 Å². The fourth-order valence-electron chi connectivity index (χ4n) is 5.57. The molecule has 3 rings (SSSR count). The van der Waals surface area contributed by atoms with Crippen molar-refractivity contribution in [3.63, 3.8) is 0 Å². The second kappa shape index (κ2) is 4.80. The summed E-state index contributed by atoms with van der Waals surface area (Å²) >= 11 is 0. The van der Waals surface area contributed by atoms with E-state index in [4.69, 9.17) is 0 Å². The van der Waals surface area contributed by atoms with Gasteiger partial charge in [0.15, 0.2) is 5.78 Å². The number of aliphatic hydroxyl groups excluding tert-OH is 1. The summed E-state index contributed by atoms with van der Waals surface area (Å²) in [6.45, 7) is 12.9. The molecule has 2 heteroatoms. The summed E-state index contributed by atoms with van der Waals surface area (Å²) in [4.78, 5) is 12.9. The van der Waals surface area contributed by atoms with Crippen molar-refractivity contribution in [1.29, 1.82) is 0 Å². The fourth-order valence-corrected chi connectivity index (χ4v) is 5.57. The van der Waals surface area contributed by atoms with Crippen molar-refractivity contribution in [1.82, 2.24) is 0 Å². The fraction of sp³-hybridized carbons (Fsp3) is 0.750. The van der Waals surface area contributed by atoms with Gasteiger partial charge in [-0.15, -0.1) is 6.58 Å². The number of hydrogen-bond acceptors (Lipinski definition) is 2. The van der Waals surface area contributed by atoms with Crippen LogP contribution in [0.4, 0.5) is 0 Å². The van der Waals surface area contributed by atoms with Gasteiger partial charge in [0.25, 0.3) is 0 Å². The zero-order chi connectivity index (χ0) is 16.3. The molecule has 4 atom stereocenters. The van der Waals surface area contributed by atoms with E-state index in [0.717, 1.165) is 24.8 Å². The lowest BCUT2D eigenvalue weighted by Gasteiger charge is -2.57. The molecule has 0 radical (unpaired) electrons. The molecule has 1 N–H and O–H groups in total. The Morgan fingerprint density at radius 1 is 1.18 bits per heavy atom.